The molecule has 82 valence electrons. The molecule has 0 radical (unpaired) electrons. The molecule has 2 aromatic rings. The van der Waals surface area contributed by atoms with Crippen LogP contribution < -0.4 is 5.32 Å². The van der Waals surface area contributed by atoms with Crippen molar-refractivity contribution in [2.24, 2.45) is 0 Å². The molecule has 1 aliphatic carbocycles. The third-order valence-electron chi connectivity index (χ3n) is 3.31. The number of pyridine rings is 1. The summed E-state index contributed by atoms with van der Waals surface area (Å²) >= 11 is 0. The molecule has 2 heteroatoms. The number of nitrogens with one attached hydrogen (secondary N) is 1. The van der Waals surface area contributed by atoms with Crippen LogP contribution in [-0.4, -0.2) is 17.6 Å². The van der Waals surface area contributed by atoms with Gasteiger partial charge in [0, 0.05) is 23.5 Å². The summed E-state index contributed by atoms with van der Waals surface area (Å²) in [4.78, 5) is 4.34. The van der Waals surface area contributed by atoms with E-state index in [1.54, 1.807) is 0 Å². The van der Waals surface area contributed by atoms with Crippen molar-refractivity contribution < 1.29 is 0 Å². The highest BCUT2D eigenvalue weighted by Crippen LogP contribution is 2.41. The van der Waals surface area contributed by atoms with Crippen molar-refractivity contribution >= 4 is 10.9 Å². The van der Waals surface area contributed by atoms with Crippen LogP contribution in [0.25, 0.3) is 10.9 Å². The monoisotopic (exact) mass is 212 g/mol. The third-order valence-corrected chi connectivity index (χ3v) is 3.31. The van der Waals surface area contributed by atoms with Gasteiger partial charge in [0.05, 0.1) is 5.52 Å². The Morgan fingerprint density at radius 1 is 1.38 bits per heavy atom. The van der Waals surface area contributed by atoms with E-state index in [0.29, 0.717) is 12.0 Å². The Bertz CT molecular complexity index is 507. The van der Waals surface area contributed by atoms with Crippen molar-refractivity contribution in [2.45, 2.75) is 25.3 Å². The van der Waals surface area contributed by atoms with Crippen LogP contribution in [0, 0.1) is 0 Å². The Balaban J connectivity index is 1.89. The van der Waals surface area contributed by atoms with Crippen molar-refractivity contribution in [3.8, 4) is 0 Å². The molecule has 0 amide bonds. The summed E-state index contributed by atoms with van der Waals surface area (Å²) < 4.78 is 0. The summed E-state index contributed by atoms with van der Waals surface area (Å²) in [6, 6.07) is 11.5. The molecule has 3 rings (SSSR count). The zero-order valence-corrected chi connectivity index (χ0v) is 9.48. The predicted octanol–water partition coefficient (Wildman–Crippen LogP) is 2.70. The normalized spacial score (nSPS) is 23.6. The number of fused-ring (bicyclic) bond motifs is 1. The van der Waals surface area contributed by atoms with Crippen LogP contribution in [0.2, 0.25) is 0 Å². The Morgan fingerprint density at radius 2 is 2.31 bits per heavy atom. The lowest BCUT2D eigenvalue weighted by molar-refractivity contribution is 0.704. The minimum absolute atomic E-state index is 0.694. The summed E-state index contributed by atoms with van der Waals surface area (Å²) in [7, 11) is 0. The molecule has 1 aromatic heterocycles. The molecule has 1 heterocycles. The quantitative estimate of drug-likeness (QED) is 0.846. The van der Waals surface area contributed by atoms with E-state index in [2.05, 4.69) is 41.5 Å². The first kappa shape index (κ1) is 9.79. The molecule has 1 N–H and O–H groups in total. The van der Waals surface area contributed by atoms with E-state index in [1.807, 2.05) is 12.3 Å². The van der Waals surface area contributed by atoms with Gasteiger partial charge in [0.25, 0.3) is 0 Å². The van der Waals surface area contributed by atoms with E-state index < -0.39 is 0 Å². The molecule has 1 saturated carbocycles. The van der Waals surface area contributed by atoms with Crippen molar-refractivity contribution in [3.05, 3.63) is 42.1 Å². The highest BCUT2D eigenvalue weighted by Gasteiger charge is 2.37. The molecule has 1 fully saturated rings. The topological polar surface area (TPSA) is 24.9 Å². The maximum atomic E-state index is 4.34. The Hall–Kier alpha value is -1.41. The fraction of sp³-hybridized carbons (Fsp3) is 0.357. The van der Waals surface area contributed by atoms with Crippen LogP contribution in [0.3, 0.4) is 0 Å². The van der Waals surface area contributed by atoms with Crippen LogP contribution in [0.15, 0.2) is 36.5 Å². The minimum atomic E-state index is 0.694. The summed E-state index contributed by atoms with van der Waals surface area (Å²) in [6.07, 6.45) is 3.13. The predicted molar refractivity (Wildman–Crippen MR) is 66.6 cm³/mol. The highest BCUT2D eigenvalue weighted by molar-refractivity contribution is 5.79. The lowest BCUT2D eigenvalue weighted by atomic mass is 10.1. The zero-order valence-electron chi connectivity index (χ0n) is 9.48. The lowest BCUT2D eigenvalue weighted by Crippen LogP contribution is -2.16. The first-order chi connectivity index (χ1) is 7.88. The summed E-state index contributed by atoms with van der Waals surface area (Å²) in [5, 5.41) is 4.75. The van der Waals surface area contributed by atoms with Gasteiger partial charge in [0.2, 0.25) is 0 Å². The fourth-order valence-corrected chi connectivity index (χ4v) is 2.38. The molecular formula is C14H16N2. The van der Waals surface area contributed by atoms with Gasteiger partial charge in [-0.1, -0.05) is 19.1 Å². The van der Waals surface area contributed by atoms with Gasteiger partial charge in [0.15, 0.2) is 0 Å². The SMILES string of the molecule is CCNC1CC1c1ccc2ncccc2c1. The average Bonchev–Trinajstić information content (AvgIpc) is 3.08. The van der Waals surface area contributed by atoms with Gasteiger partial charge in [0.1, 0.15) is 0 Å². The van der Waals surface area contributed by atoms with E-state index in [0.717, 1.165) is 12.1 Å². The summed E-state index contributed by atoms with van der Waals surface area (Å²) in [6.45, 7) is 3.23. The van der Waals surface area contributed by atoms with Crippen molar-refractivity contribution in [1.82, 2.24) is 10.3 Å². The van der Waals surface area contributed by atoms with Gasteiger partial charge in [-0.25, -0.2) is 0 Å². The maximum absolute atomic E-state index is 4.34. The summed E-state index contributed by atoms with van der Waals surface area (Å²) in [5.41, 5.74) is 2.54. The molecule has 0 spiro atoms. The Morgan fingerprint density at radius 3 is 3.19 bits per heavy atom. The second kappa shape index (κ2) is 3.87. The number of aromatic nitrogens is 1. The molecule has 1 aromatic carbocycles. The molecule has 1 aliphatic rings. The Labute approximate surface area is 95.7 Å². The van der Waals surface area contributed by atoms with Crippen LogP contribution in [0.4, 0.5) is 0 Å². The van der Waals surface area contributed by atoms with Gasteiger partial charge >= 0.3 is 0 Å². The van der Waals surface area contributed by atoms with E-state index in [4.69, 9.17) is 0 Å². The first-order valence-corrected chi connectivity index (χ1v) is 5.96. The minimum Gasteiger partial charge on any atom is -0.314 e. The largest absolute Gasteiger partial charge is 0.314 e. The molecule has 2 atom stereocenters. The number of hydrogen-bond donors (Lipinski definition) is 1. The van der Waals surface area contributed by atoms with Crippen LogP contribution in [0.1, 0.15) is 24.8 Å². The molecule has 0 aliphatic heterocycles. The van der Waals surface area contributed by atoms with Crippen LogP contribution in [-0.2, 0) is 0 Å². The number of benzene rings is 1. The maximum Gasteiger partial charge on any atom is 0.0702 e. The fourth-order valence-electron chi connectivity index (χ4n) is 2.38. The van der Waals surface area contributed by atoms with Crippen LogP contribution >= 0.6 is 0 Å². The number of hydrogen-bond acceptors (Lipinski definition) is 2. The van der Waals surface area contributed by atoms with Gasteiger partial charge in [-0.3, -0.25) is 4.98 Å². The number of likely N-dealkylation sites (N-methyl/N-ethyl adjacent to an activating group) is 1. The van der Waals surface area contributed by atoms with Gasteiger partial charge in [-0.15, -0.1) is 0 Å². The molecule has 16 heavy (non-hydrogen) atoms. The standard InChI is InChI=1S/C14H16N2/c1-2-15-14-9-12(14)10-5-6-13-11(8-10)4-3-7-16-13/h3-8,12,14-15H,2,9H2,1H3. The smallest absolute Gasteiger partial charge is 0.0702 e. The third kappa shape index (κ3) is 1.69. The van der Waals surface area contributed by atoms with Crippen molar-refractivity contribution in [1.29, 1.82) is 0 Å². The molecule has 2 nitrogen and oxygen atoms in total. The number of nitrogens with zero attached hydrogens (tertiary/aromatic N) is 1. The first-order valence-electron chi connectivity index (χ1n) is 5.96. The van der Waals surface area contributed by atoms with Gasteiger partial charge in [-0.05, 0) is 36.7 Å². The van der Waals surface area contributed by atoms with E-state index >= 15 is 0 Å². The van der Waals surface area contributed by atoms with E-state index in [1.165, 1.54) is 17.4 Å². The van der Waals surface area contributed by atoms with Gasteiger partial charge in [-0.2, -0.15) is 0 Å². The van der Waals surface area contributed by atoms with Crippen molar-refractivity contribution in [2.75, 3.05) is 6.54 Å². The van der Waals surface area contributed by atoms with E-state index in [-0.39, 0.29) is 0 Å². The van der Waals surface area contributed by atoms with Gasteiger partial charge < -0.3 is 5.32 Å². The second-order valence-electron chi connectivity index (χ2n) is 4.46. The molecule has 0 saturated heterocycles. The van der Waals surface area contributed by atoms with Crippen molar-refractivity contribution in [3.63, 3.8) is 0 Å². The highest BCUT2D eigenvalue weighted by atomic mass is 15.0. The molecular weight excluding hydrogens is 196 g/mol. The Kier molecular flexibility index (Phi) is 2.37. The second-order valence-corrected chi connectivity index (χ2v) is 4.46. The molecule has 2 unspecified atom stereocenters. The number of rotatable bonds is 3. The molecule has 0 bridgehead atoms. The van der Waals surface area contributed by atoms with E-state index in [9.17, 15) is 0 Å². The zero-order chi connectivity index (χ0) is 11.0. The summed E-state index contributed by atoms with van der Waals surface area (Å²) in [5.74, 6) is 0.713. The average molecular weight is 212 g/mol. The van der Waals surface area contributed by atoms with Crippen LogP contribution in [0.5, 0.6) is 0 Å². The lowest BCUT2D eigenvalue weighted by Gasteiger charge is -2.03.